The van der Waals surface area contributed by atoms with Crippen molar-refractivity contribution in [2.24, 2.45) is 11.7 Å². The van der Waals surface area contributed by atoms with Gasteiger partial charge in [0.25, 0.3) is 0 Å². The highest BCUT2D eigenvalue weighted by atomic mass is 16.2. The van der Waals surface area contributed by atoms with E-state index in [1.54, 1.807) is 0 Å². The number of likely N-dealkylation sites (tertiary alicyclic amines) is 2. The van der Waals surface area contributed by atoms with Gasteiger partial charge in [0.1, 0.15) is 0 Å². The average molecular weight is 329 g/mol. The third-order valence-electron chi connectivity index (χ3n) is 5.38. The number of aryl methyl sites for hydroxylation is 1. The third-order valence-corrected chi connectivity index (χ3v) is 5.38. The molecule has 3 rings (SSSR count). The molecule has 2 fully saturated rings. The van der Waals surface area contributed by atoms with Crippen LogP contribution in [0.25, 0.3) is 0 Å². The lowest BCUT2D eigenvalue weighted by molar-refractivity contribution is -0.136. The van der Waals surface area contributed by atoms with Crippen molar-refractivity contribution in [1.82, 2.24) is 9.80 Å². The van der Waals surface area contributed by atoms with Gasteiger partial charge in [-0.3, -0.25) is 14.5 Å². The van der Waals surface area contributed by atoms with E-state index in [2.05, 4.69) is 36.1 Å². The molecule has 0 aromatic heterocycles. The number of hydrogen-bond acceptors (Lipinski definition) is 3. The molecule has 2 aliphatic heterocycles. The Labute approximate surface area is 143 Å². The lowest BCUT2D eigenvalue weighted by Gasteiger charge is -2.33. The first kappa shape index (κ1) is 17.0. The molecule has 24 heavy (non-hydrogen) atoms. The quantitative estimate of drug-likeness (QED) is 0.917. The van der Waals surface area contributed by atoms with Crippen LogP contribution in [0.2, 0.25) is 0 Å². The van der Waals surface area contributed by atoms with E-state index in [0.717, 1.165) is 19.4 Å². The van der Waals surface area contributed by atoms with Gasteiger partial charge in [-0.05, 0) is 44.7 Å². The van der Waals surface area contributed by atoms with Crippen LogP contribution in [0.1, 0.15) is 42.9 Å². The van der Waals surface area contributed by atoms with Crippen molar-refractivity contribution in [2.75, 3.05) is 26.2 Å². The van der Waals surface area contributed by atoms with Gasteiger partial charge in [-0.25, -0.2) is 0 Å². The molecule has 2 aliphatic rings. The normalized spacial score (nSPS) is 22.7. The molecule has 1 atom stereocenters. The first-order valence-electron chi connectivity index (χ1n) is 8.92. The Morgan fingerprint density at radius 1 is 1.17 bits per heavy atom. The summed E-state index contributed by atoms with van der Waals surface area (Å²) >= 11 is 0. The number of primary amides is 1. The molecule has 0 spiro atoms. The molecule has 130 valence electrons. The van der Waals surface area contributed by atoms with Crippen LogP contribution in [0.4, 0.5) is 0 Å². The van der Waals surface area contributed by atoms with Crippen molar-refractivity contribution < 1.29 is 9.59 Å². The summed E-state index contributed by atoms with van der Waals surface area (Å²) in [6.07, 6.45) is 3.64. The monoisotopic (exact) mass is 329 g/mol. The van der Waals surface area contributed by atoms with Gasteiger partial charge >= 0.3 is 0 Å². The van der Waals surface area contributed by atoms with Crippen molar-refractivity contribution in [1.29, 1.82) is 0 Å². The molecule has 1 aromatic rings. The van der Waals surface area contributed by atoms with E-state index in [9.17, 15) is 9.59 Å². The van der Waals surface area contributed by atoms with E-state index >= 15 is 0 Å². The van der Waals surface area contributed by atoms with Gasteiger partial charge in [0.2, 0.25) is 11.8 Å². The lowest BCUT2D eigenvalue weighted by Crippen LogP contribution is -2.45. The van der Waals surface area contributed by atoms with Crippen molar-refractivity contribution in [3.05, 3.63) is 35.4 Å². The van der Waals surface area contributed by atoms with Crippen LogP contribution in [-0.4, -0.2) is 47.8 Å². The minimum atomic E-state index is -0.235. The Morgan fingerprint density at radius 2 is 1.92 bits per heavy atom. The number of nitrogens with two attached hydrogens (primary N) is 1. The number of amides is 2. The van der Waals surface area contributed by atoms with Crippen LogP contribution >= 0.6 is 0 Å². The third kappa shape index (κ3) is 3.78. The van der Waals surface area contributed by atoms with Gasteiger partial charge in [0, 0.05) is 25.0 Å². The fourth-order valence-electron chi connectivity index (χ4n) is 3.96. The molecule has 0 aliphatic carbocycles. The fraction of sp³-hybridized carbons (Fsp3) is 0.579. The molecule has 2 amide bonds. The van der Waals surface area contributed by atoms with Gasteiger partial charge in [-0.15, -0.1) is 0 Å². The highest BCUT2D eigenvalue weighted by Gasteiger charge is 2.31. The maximum absolute atomic E-state index is 12.6. The van der Waals surface area contributed by atoms with E-state index in [1.807, 2.05) is 4.90 Å². The summed E-state index contributed by atoms with van der Waals surface area (Å²) in [5.74, 6) is -0.125. The molecule has 2 N–H and O–H groups in total. The van der Waals surface area contributed by atoms with Crippen molar-refractivity contribution >= 4 is 11.8 Å². The van der Waals surface area contributed by atoms with Crippen LogP contribution in [0.5, 0.6) is 0 Å². The number of hydrogen-bond donors (Lipinski definition) is 1. The highest BCUT2D eigenvalue weighted by Crippen LogP contribution is 2.32. The van der Waals surface area contributed by atoms with Crippen molar-refractivity contribution in [3.63, 3.8) is 0 Å². The maximum atomic E-state index is 12.6. The summed E-state index contributed by atoms with van der Waals surface area (Å²) in [5, 5.41) is 0. The molecule has 2 saturated heterocycles. The molecule has 1 aromatic carbocycles. The molecule has 0 bridgehead atoms. The number of benzene rings is 1. The summed E-state index contributed by atoms with van der Waals surface area (Å²) in [6, 6.07) is 8.94. The molecule has 5 heteroatoms. The lowest BCUT2D eigenvalue weighted by atomic mass is 9.96. The second kappa shape index (κ2) is 7.34. The topological polar surface area (TPSA) is 66.6 Å². The summed E-state index contributed by atoms with van der Waals surface area (Å²) in [6.45, 7) is 4.85. The molecule has 0 unspecified atom stereocenters. The number of nitrogens with zero attached hydrogens (tertiary/aromatic N) is 2. The molecular weight excluding hydrogens is 302 g/mol. The zero-order valence-corrected chi connectivity index (χ0v) is 14.4. The molecular formula is C19H27N3O2. The molecule has 2 heterocycles. The first-order valence-corrected chi connectivity index (χ1v) is 8.92. The van der Waals surface area contributed by atoms with Crippen LogP contribution in [-0.2, 0) is 9.59 Å². The Morgan fingerprint density at radius 3 is 2.58 bits per heavy atom. The second-order valence-electron chi connectivity index (χ2n) is 7.10. The summed E-state index contributed by atoms with van der Waals surface area (Å²) < 4.78 is 0. The first-order chi connectivity index (χ1) is 11.5. The molecule has 0 saturated carbocycles. The van der Waals surface area contributed by atoms with E-state index in [0.29, 0.717) is 38.5 Å². The van der Waals surface area contributed by atoms with Gasteiger partial charge < -0.3 is 10.6 Å². The zero-order chi connectivity index (χ0) is 17.1. The van der Waals surface area contributed by atoms with E-state index in [-0.39, 0.29) is 17.7 Å². The number of carbonyl (C=O) groups excluding carboxylic acids is 2. The standard InChI is InChI=1S/C19H27N3O2/c1-14-4-2-5-16(12-14)17-6-3-9-22(17)13-18(23)21-10-7-15(8-11-21)19(20)24/h2,4-5,12,15,17H,3,6-11,13H2,1H3,(H2,20,24)/t17-/m0/s1. The van der Waals surface area contributed by atoms with Crippen LogP contribution in [0.15, 0.2) is 24.3 Å². The Bertz CT molecular complexity index is 608. The summed E-state index contributed by atoms with van der Waals surface area (Å²) in [4.78, 5) is 28.1. The van der Waals surface area contributed by atoms with Gasteiger partial charge in [0.05, 0.1) is 6.54 Å². The fourth-order valence-corrected chi connectivity index (χ4v) is 3.96. The van der Waals surface area contributed by atoms with E-state index < -0.39 is 0 Å². The van der Waals surface area contributed by atoms with Crippen molar-refractivity contribution in [2.45, 2.75) is 38.6 Å². The van der Waals surface area contributed by atoms with Crippen LogP contribution < -0.4 is 5.73 Å². The van der Waals surface area contributed by atoms with E-state index in [1.165, 1.54) is 11.1 Å². The number of carbonyl (C=O) groups is 2. The minimum absolute atomic E-state index is 0.0686. The highest BCUT2D eigenvalue weighted by molar-refractivity contribution is 5.80. The van der Waals surface area contributed by atoms with Gasteiger partial charge in [-0.2, -0.15) is 0 Å². The number of piperidine rings is 1. The van der Waals surface area contributed by atoms with Gasteiger partial charge in [0.15, 0.2) is 0 Å². The smallest absolute Gasteiger partial charge is 0.236 e. The predicted molar refractivity (Wildman–Crippen MR) is 93.2 cm³/mol. The van der Waals surface area contributed by atoms with Crippen molar-refractivity contribution in [3.8, 4) is 0 Å². The number of rotatable bonds is 4. The SMILES string of the molecule is Cc1cccc([C@@H]2CCCN2CC(=O)N2CCC(C(N)=O)CC2)c1. The van der Waals surface area contributed by atoms with Crippen LogP contribution in [0.3, 0.4) is 0 Å². The largest absolute Gasteiger partial charge is 0.369 e. The Kier molecular flexibility index (Phi) is 5.19. The Balaban J connectivity index is 1.59. The Hall–Kier alpha value is -1.88. The summed E-state index contributed by atoms with van der Waals surface area (Å²) in [7, 11) is 0. The van der Waals surface area contributed by atoms with Gasteiger partial charge in [-0.1, -0.05) is 29.8 Å². The molecule has 0 radical (unpaired) electrons. The predicted octanol–water partition coefficient (Wildman–Crippen LogP) is 1.86. The van der Waals surface area contributed by atoms with E-state index in [4.69, 9.17) is 5.73 Å². The minimum Gasteiger partial charge on any atom is -0.369 e. The zero-order valence-electron chi connectivity index (χ0n) is 14.4. The average Bonchev–Trinajstić information content (AvgIpc) is 3.03. The maximum Gasteiger partial charge on any atom is 0.236 e. The summed E-state index contributed by atoms with van der Waals surface area (Å²) in [5.41, 5.74) is 7.94. The van der Waals surface area contributed by atoms with Crippen LogP contribution in [0, 0.1) is 12.8 Å². The molecule has 5 nitrogen and oxygen atoms in total. The second-order valence-corrected chi connectivity index (χ2v) is 7.10.